The molecular formula is C7H11N3. The summed E-state index contributed by atoms with van der Waals surface area (Å²) in [4.78, 5) is 7.36. The Bertz CT molecular complexity index is 229. The van der Waals surface area contributed by atoms with Crippen LogP contribution in [-0.2, 0) is 6.42 Å². The van der Waals surface area contributed by atoms with Crippen LogP contribution in [0.4, 0.5) is 0 Å². The summed E-state index contributed by atoms with van der Waals surface area (Å²) in [6, 6.07) is 0.426. The van der Waals surface area contributed by atoms with Crippen molar-refractivity contribution in [3.05, 3.63) is 17.7 Å². The summed E-state index contributed by atoms with van der Waals surface area (Å²) in [7, 11) is 0. The lowest BCUT2D eigenvalue weighted by molar-refractivity contribution is 0.527. The predicted molar refractivity (Wildman–Crippen MR) is 38.7 cm³/mol. The minimum atomic E-state index is 0.426. The van der Waals surface area contributed by atoms with Crippen LogP contribution in [0, 0.1) is 0 Å². The second-order valence-corrected chi connectivity index (χ2v) is 2.69. The van der Waals surface area contributed by atoms with Crippen LogP contribution in [0.1, 0.15) is 24.4 Å². The molecule has 0 unspecified atom stereocenters. The maximum absolute atomic E-state index is 4.22. The van der Waals surface area contributed by atoms with Crippen molar-refractivity contribution in [3.8, 4) is 0 Å². The third-order valence-corrected chi connectivity index (χ3v) is 1.99. The van der Waals surface area contributed by atoms with Crippen LogP contribution in [0.25, 0.3) is 0 Å². The average molecular weight is 137 g/mol. The van der Waals surface area contributed by atoms with Gasteiger partial charge in [-0.2, -0.15) is 0 Å². The fraction of sp³-hybridized carbons (Fsp3) is 0.571. The highest BCUT2D eigenvalue weighted by molar-refractivity contribution is 5.17. The highest BCUT2D eigenvalue weighted by atomic mass is 15.0. The van der Waals surface area contributed by atoms with Crippen molar-refractivity contribution in [1.29, 1.82) is 0 Å². The molecule has 0 radical (unpaired) electrons. The Morgan fingerprint density at radius 2 is 2.60 bits per heavy atom. The molecule has 0 spiro atoms. The van der Waals surface area contributed by atoms with Crippen LogP contribution in [-0.4, -0.2) is 16.5 Å². The van der Waals surface area contributed by atoms with Crippen molar-refractivity contribution in [2.75, 3.05) is 6.54 Å². The zero-order valence-corrected chi connectivity index (χ0v) is 6.02. The lowest BCUT2D eigenvalue weighted by Crippen LogP contribution is -2.27. The first-order valence-electron chi connectivity index (χ1n) is 3.63. The van der Waals surface area contributed by atoms with E-state index in [1.54, 1.807) is 6.33 Å². The summed E-state index contributed by atoms with van der Waals surface area (Å²) < 4.78 is 0. The molecule has 0 aliphatic carbocycles. The molecule has 0 fully saturated rings. The van der Waals surface area contributed by atoms with Crippen LogP contribution in [0.15, 0.2) is 6.33 Å². The van der Waals surface area contributed by atoms with Crippen LogP contribution >= 0.6 is 0 Å². The van der Waals surface area contributed by atoms with Gasteiger partial charge in [0.25, 0.3) is 0 Å². The number of H-pyrrole nitrogens is 1. The van der Waals surface area contributed by atoms with Gasteiger partial charge in [-0.3, -0.25) is 0 Å². The van der Waals surface area contributed by atoms with Gasteiger partial charge in [0, 0.05) is 24.7 Å². The molecule has 3 nitrogen and oxygen atoms in total. The molecule has 1 aliphatic heterocycles. The van der Waals surface area contributed by atoms with E-state index in [4.69, 9.17) is 0 Å². The molecule has 2 heterocycles. The van der Waals surface area contributed by atoms with Crippen molar-refractivity contribution in [2.24, 2.45) is 0 Å². The van der Waals surface area contributed by atoms with Gasteiger partial charge in [-0.1, -0.05) is 0 Å². The van der Waals surface area contributed by atoms with Crippen molar-refractivity contribution < 1.29 is 0 Å². The fourth-order valence-electron chi connectivity index (χ4n) is 1.42. The molecule has 0 amide bonds. The third kappa shape index (κ3) is 0.743. The standard InChI is InChI=1S/C7H11N3/c1-5-7-6(2-3-8-5)9-4-10-7/h4-5,8H,2-3H2,1H3,(H,9,10)/t5-/m0/s1. The van der Waals surface area contributed by atoms with Crippen molar-refractivity contribution >= 4 is 0 Å². The number of nitrogens with zero attached hydrogens (tertiary/aromatic N) is 1. The maximum Gasteiger partial charge on any atom is 0.0925 e. The van der Waals surface area contributed by atoms with E-state index < -0.39 is 0 Å². The molecular weight excluding hydrogens is 126 g/mol. The first-order chi connectivity index (χ1) is 4.88. The van der Waals surface area contributed by atoms with Gasteiger partial charge in [-0.05, 0) is 6.92 Å². The number of hydrogen-bond donors (Lipinski definition) is 2. The minimum absolute atomic E-state index is 0.426. The molecule has 2 N–H and O–H groups in total. The number of rotatable bonds is 0. The summed E-state index contributed by atoms with van der Waals surface area (Å²) in [6.07, 6.45) is 2.86. The van der Waals surface area contributed by atoms with Crippen LogP contribution in [0.5, 0.6) is 0 Å². The van der Waals surface area contributed by atoms with Gasteiger partial charge >= 0.3 is 0 Å². The van der Waals surface area contributed by atoms with Crippen LogP contribution < -0.4 is 5.32 Å². The lowest BCUT2D eigenvalue weighted by atomic mass is 10.1. The Morgan fingerprint density at radius 1 is 1.70 bits per heavy atom. The van der Waals surface area contributed by atoms with Gasteiger partial charge in [0.05, 0.1) is 12.0 Å². The molecule has 1 atom stereocenters. The normalized spacial score (nSPS) is 24.3. The number of aromatic nitrogens is 2. The number of hydrogen-bond acceptors (Lipinski definition) is 2. The highest BCUT2D eigenvalue weighted by Gasteiger charge is 2.16. The van der Waals surface area contributed by atoms with Gasteiger partial charge in [0.15, 0.2) is 0 Å². The Morgan fingerprint density at radius 3 is 3.40 bits per heavy atom. The molecule has 1 aliphatic rings. The smallest absolute Gasteiger partial charge is 0.0925 e. The molecule has 1 aromatic rings. The minimum Gasteiger partial charge on any atom is -0.348 e. The molecule has 0 saturated carbocycles. The Kier molecular flexibility index (Phi) is 1.24. The molecule has 0 aromatic carbocycles. The topological polar surface area (TPSA) is 40.7 Å². The Balaban J connectivity index is 2.41. The number of fused-ring (bicyclic) bond motifs is 1. The van der Waals surface area contributed by atoms with Crippen molar-refractivity contribution in [3.63, 3.8) is 0 Å². The molecule has 0 saturated heterocycles. The lowest BCUT2D eigenvalue weighted by Gasteiger charge is -2.18. The van der Waals surface area contributed by atoms with E-state index in [0.29, 0.717) is 6.04 Å². The summed E-state index contributed by atoms with van der Waals surface area (Å²) in [5.41, 5.74) is 2.48. The quantitative estimate of drug-likeness (QED) is 0.550. The molecule has 0 bridgehead atoms. The van der Waals surface area contributed by atoms with Gasteiger partial charge in [-0.25, -0.2) is 4.98 Å². The van der Waals surface area contributed by atoms with E-state index in [1.807, 2.05) is 0 Å². The van der Waals surface area contributed by atoms with Crippen LogP contribution in [0.2, 0.25) is 0 Å². The monoisotopic (exact) mass is 137 g/mol. The molecule has 2 rings (SSSR count). The predicted octanol–water partition coefficient (Wildman–Crippen LogP) is 0.616. The molecule has 3 heteroatoms. The van der Waals surface area contributed by atoms with Gasteiger partial charge in [0.2, 0.25) is 0 Å². The number of aromatic amines is 1. The van der Waals surface area contributed by atoms with E-state index in [-0.39, 0.29) is 0 Å². The summed E-state index contributed by atoms with van der Waals surface area (Å²) in [5.74, 6) is 0. The zero-order valence-electron chi connectivity index (χ0n) is 6.02. The Hall–Kier alpha value is -0.830. The molecule has 10 heavy (non-hydrogen) atoms. The first-order valence-corrected chi connectivity index (χ1v) is 3.63. The molecule has 54 valence electrons. The summed E-state index contributed by atoms with van der Waals surface area (Å²) in [5, 5.41) is 3.34. The number of nitrogens with one attached hydrogen (secondary N) is 2. The zero-order chi connectivity index (χ0) is 6.97. The first kappa shape index (κ1) is 5.92. The van der Waals surface area contributed by atoms with Crippen LogP contribution in [0.3, 0.4) is 0 Å². The largest absolute Gasteiger partial charge is 0.348 e. The fourth-order valence-corrected chi connectivity index (χ4v) is 1.42. The summed E-state index contributed by atoms with van der Waals surface area (Å²) >= 11 is 0. The SMILES string of the molecule is C[C@@H]1NCCc2[nH]cnc21. The third-order valence-electron chi connectivity index (χ3n) is 1.99. The summed E-state index contributed by atoms with van der Waals surface area (Å²) in [6.45, 7) is 3.20. The van der Waals surface area contributed by atoms with Gasteiger partial charge in [0.1, 0.15) is 0 Å². The average Bonchev–Trinajstić information content (AvgIpc) is 2.36. The molecule has 1 aromatic heterocycles. The second kappa shape index (κ2) is 2.09. The van der Waals surface area contributed by atoms with E-state index >= 15 is 0 Å². The van der Waals surface area contributed by atoms with E-state index in [2.05, 4.69) is 22.2 Å². The second-order valence-electron chi connectivity index (χ2n) is 2.69. The van der Waals surface area contributed by atoms with Gasteiger partial charge < -0.3 is 10.3 Å². The van der Waals surface area contributed by atoms with E-state index in [9.17, 15) is 0 Å². The maximum atomic E-state index is 4.22. The van der Waals surface area contributed by atoms with Gasteiger partial charge in [-0.15, -0.1) is 0 Å². The Labute approximate surface area is 59.9 Å². The van der Waals surface area contributed by atoms with E-state index in [0.717, 1.165) is 13.0 Å². The van der Waals surface area contributed by atoms with Crippen molar-refractivity contribution in [2.45, 2.75) is 19.4 Å². The van der Waals surface area contributed by atoms with Crippen molar-refractivity contribution in [1.82, 2.24) is 15.3 Å². The van der Waals surface area contributed by atoms with E-state index in [1.165, 1.54) is 11.4 Å². The number of imidazole rings is 1. The highest BCUT2D eigenvalue weighted by Crippen LogP contribution is 2.17.